The van der Waals surface area contributed by atoms with E-state index in [9.17, 15) is 10.1 Å². The van der Waals surface area contributed by atoms with Gasteiger partial charge in [0.05, 0.1) is 18.2 Å². The molecule has 2 aromatic rings. The van der Waals surface area contributed by atoms with Crippen molar-refractivity contribution in [3.63, 3.8) is 0 Å². The van der Waals surface area contributed by atoms with E-state index in [0.717, 1.165) is 11.1 Å². The SMILES string of the molecule is CCNC(=S)N/N=C/c1ccc(OC)c(COc2ccc([N+](=O)[O-])c(C)c2)c1. The Morgan fingerprint density at radius 3 is 2.75 bits per heavy atom. The molecule has 0 unspecified atom stereocenters. The van der Waals surface area contributed by atoms with E-state index in [2.05, 4.69) is 15.8 Å². The molecule has 2 aromatic carbocycles. The number of nitrogens with zero attached hydrogens (tertiary/aromatic N) is 2. The van der Waals surface area contributed by atoms with Crippen molar-refractivity contribution in [3.05, 3.63) is 63.2 Å². The number of benzene rings is 2. The van der Waals surface area contributed by atoms with E-state index >= 15 is 0 Å². The van der Waals surface area contributed by atoms with Crippen LogP contribution >= 0.6 is 12.2 Å². The Hall–Kier alpha value is -3.20. The van der Waals surface area contributed by atoms with Gasteiger partial charge in [0.2, 0.25) is 0 Å². The zero-order valence-corrected chi connectivity index (χ0v) is 16.7. The Balaban J connectivity index is 2.09. The molecular weight excluding hydrogens is 380 g/mol. The molecule has 0 aliphatic rings. The quantitative estimate of drug-likeness (QED) is 0.302. The average Bonchev–Trinajstić information content (AvgIpc) is 2.66. The van der Waals surface area contributed by atoms with Gasteiger partial charge in [-0.15, -0.1) is 0 Å². The van der Waals surface area contributed by atoms with Crippen molar-refractivity contribution >= 4 is 29.2 Å². The maximum atomic E-state index is 10.9. The van der Waals surface area contributed by atoms with Crippen molar-refractivity contribution < 1.29 is 14.4 Å². The third-order valence-corrected chi connectivity index (χ3v) is 4.02. The van der Waals surface area contributed by atoms with Gasteiger partial charge in [0.25, 0.3) is 5.69 Å². The molecule has 0 saturated carbocycles. The molecular formula is C19H22N4O4S. The van der Waals surface area contributed by atoms with Crippen LogP contribution in [-0.2, 0) is 6.61 Å². The first kappa shape index (κ1) is 21.1. The Morgan fingerprint density at radius 2 is 2.11 bits per heavy atom. The van der Waals surface area contributed by atoms with Gasteiger partial charge in [-0.3, -0.25) is 15.5 Å². The molecule has 2 rings (SSSR count). The summed E-state index contributed by atoms with van der Waals surface area (Å²) in [5.74, 6) is 1.22. The fourth-order valence-electron chi connectivity index (χ4n) is 2.44. The summed E-state index contributed by atoms with van der Waals surface area (Å²) in [4.78, 5) is 10.5. The zero-order valence-electron chi connectivity index (χ0n) is 15.9. The Kier molecular flexibility index (Phi) is 7.70. The molecule has 0 aliphatic heterocycles. The molecule has 0 atom stereocenters. The molecule has 0 aromatic heterocycles. The third-order valence-electron chi connectivity index (χ3n) is 3.78. The summed E-state index contributed by atoms with van der Waals surface area (Å²) >= 11 is 5.05. The van der Waals surface area contributed by atoms with Gasteiger partial charge in [-0.25, -0.2) is 0 Å². The largest absolute Gasteiger partial charge is 0.496 e. The fraction of sp³-hybridized carbons (Fsp3) is 0.263. The number of nitro groups is 1. The van der Waals surface area contributed by atoms with E-state index in [0.29, 0.717) is 28.7 Å². The molecule has 0 saturated heterocycles. The van der Waals surface area contributed by atoms with Crippen LogP contribution in [0.2, 0.25) is 0 Å². The number of hydrazone groups is 1. The number of hydrogen-bond donors (Lipinski definition) is 2. The Bertz CT molecular complexity index is 886. The van der Waals surface area contributed by atoms with E-state index < -0.39 is 4.92 Å². The molecule has 0 fully saturated rings. The third kappa shape index (κ3) is 5.92. The first-order valence-electron chi connectivity index (χ1n) is 8.56. The van der Waals surface area contributed by atoms with Crippen molar-refractivity contribution in [3.8, 4) is 11.5 Å². The van der Waals surface area contributed by atoms with Gasteiger partial charge in [0, 0.05) is 23.7 Å². The number of thiocarbonyl (C=S) groups is 1. The van der Waals surface area contributed by atoms with Crippen LogP contribution in [0.4, 0.5) is 5.69 Å². The Labute approximate surface area is 168 Å². The van der Waals surface area contributed by atoms with Gasteiger partial charge in [-0.2, -0.15) is 5.10 Å². The molecule has 9 heteroatoms. The first-order valence-corrected chi connectivity index (χ1v) is 8.97. The van der Waals surface area contributed by atoms with Gasteiger partial charge in [-0.05, 0) is 62.0 Å². The summed E-state index contributed by atoms with van der Waals surface area (Å²) < 4.78 is 11.2. The summed E-state index contributed by atoms with van der Waals surface area (Å²) in [7, 11) is 1.58. The fourth-order valence-corrected chi connectivity index (χ4v) is 2.64. The van der Waals surface area contributed by atoms with Crippen LogP contribution in [-0.4, -0.2) is 29.9 Å². The predicted molar refractivity (Wildman–Crippen MR) is 112 cm³/mol. The summed E-state index contributed by atoms with van der Waals surface area (Å²) in [6.45, 7) is 4.58. The average molecular weight is 402 g/mol. The van der Waals surface area contributed by atoms with Crippen LogP contribution in [0.25, 0.3) is 0 Å². The number of ether oxygens (including phenoxy) is 2. The minimum absolute atomic E-state index is 0.0612. The second-order valence-corrected chi connectivity index (χ2v) is 6.20. The number of rotatable bonds is 8. The Morgan fingerprint density at radius 1 is 1.32 bits per heavy atom. The maximum Gasteiger partial charge on any atom is 0.272 e. The van der Waals surface area contributed by atoms with Crippen molar-refractivity contribution in [1.29, 1.82) is 0 Å². The van der Waals surface area contributed by atoms with Crippen molar-refractivity contribution in [2.45, 2.75) is 20.5 Å². The smallest absolute Gasteiger partial charge is 0.272 e. The number of methoxy groups -OCH3 is 1. The molecule has 0 heterocycles. The van der Waals surface area contributed by atoms with E-state index in [1.54, 1.807) is 32.4 Å². The van der Waals surface area contributed by atoms with Gasteiger partial charge >= 0.3 is 0 Å². The second-order valence-electron chi connectivity index (χ2n) is 5.79. The molecule has 0 bridgehead atoms. The predicted octanol–water partition coefficient (Wildman–Crippen LogP) is 3.31. The highest BCUT2D eigenvalue weighted by Gasteiger charge is 2.11. The molecule has 28 heavy (non-hydrogen) atoms. The highest BCUT2D eigenvalue weighted by atomic mass is 32.1. The van der Waals surface area contributed by atoms with Crippen LogP contribution in [0.3, 0.4) is 0 Å². The molecule has 0 aliphatic carbocycles. The van der Waals surface area contributed by atoms with E-state index in [-0.39, 0.29) is 12.3 Å². The summed E-state index contributed by atoms with van der Waals surface area (Å²) in [6.07, 6.45) is 1.64. The first-order chi connectivity index (χ1) is 13.4. The summed E-state index contributed by atoms with van der Waals surface area (Å²) in [5, 5.41) is 18.4. The van der Waals surface area contributed by atoms with Crippen LogP contribution in [0.5, 0.6) is 11.5 Å². The van der Waals surface area contributed by atoms with Gasteiger partial charge in [0.1, 0.15) is 18.1 Å². The van der Waals surface area contributed by atoms with Gasteiger partial charge < -0.3 is 14.8 Å². The number of aryl methyl sites for hydroxylation is 1. The molecule has 0 spiro atoms. The summed E-state index contributed by atoms with van der Waals surface area (Å²) in [5.41, 5.74) is 4.99. The standard InChI is InChI=1S/C19H22N4O4S/c1-4-20-19(28)22-21-11-14-5-8-18(26-3)15(10-14)12-27-16-6-7-17(23(24)25)13(2)9-16/h5-11H,4,12H2,1-3H3,(H2,20,22,28)/b21-11+. The van der Waals surface area contributed by atoms with E-state index in [4.69, 9.17) is 21.7 Å². The lowest BCUT2D eigenvalue weighted by Crippen LogP contribution is -2.31. The number of nitrogens with one attached hydrogen (secondary N) is 2. The lowest BCUT2D eigenvalue weighted by Gasteiger charge is -2.12. The molecule has 148 valence electrons. The van der Waals surface area contributed by atoms with Crippen molar-refractivity contribution in [1.82, 2.24) is 10.7 Å². The molecule has 0 radical (unpaired) electrons. The van der Waals surface area contributed by atoms with Crippen molar-refractivity contribution in [2.24, 2.45) is 5.10 Å². The number of hydrogen-bond acceptors (Lipinski definition) is 6. The maximum absolute atomic E-state index is 10.9. The van der Waals surface area contributed by atoms with Crippen LogP contribution in [0, 0.1) is 17.0 Å². The second kappa shape index (κ2) is 10.2. The monoisotopic (exact) mass is 402 g/mol. The normalized spacial score (nSPS) is 10.5. The molecule has 8 nitrogen and oxygen atoms in total. The molecule has 2 N–H and O–H groups in total. The summed E-state index contributed by atoms with van der Waals surface area (Å²) in [6, 6.07) is 10.2. The molecule has 0 amide bonds. The van der Waals surface area contributed by atoms with E-state index in [1.165, 1.54) is 6.07 Å². The highest BCUT2D eigenvalue weighted by Crippen LogP contribution is 2.25. The van der Waals surface area contributed by atoms with E-state index in [1.807, 2.05) is 25.1 Å². The number of nitro benzene ring substituents is 1. The highest BCUT2D eigenvalue weighted by molar-refractivity contribution is 7.80. The minimum atomic E-state index is -0.416. The topological polar surface area (TPSA) is 98.0 Å². The van der Waals surface area contributed by atoms with Crippen LogP contribution < -0.4 is 20.2 Å². The minimum Gasteiger partial charge on any atom is -0.496 e. The van der Waals surface area contributed by atoms with Crippen LogP contribution in [0.1, 0.15) is 23.6 Å². The lowest BCUT2D eigenvalue weighted by molar-refractivity contribution is -0.385. The van der Waals surface area contributed by atoms with Gasteiger partial charge in [0.15, 0.2) is 5.11 Å². The lowest BCUT2D eigenvalue weighted by atomic mass is 10.1. The zero-order chi connectivity index (χ0) is 20.5. The van der Waals surface area contributed by atoms with Gasteiger partial charge in [-0.1, -0.05) is 0 Å². The van der Waals surface area contributed by atoms with Crippen LogP contribution in [0.15, 0.2) is 41.5 Å². The van der Waals surface area contributed by atoms with Crippen molar-refractivity contribution in [2.75, 3.05) is 13.7 Å².